The molecule has 2 atom stereocenters. The summed E-state index contributed by atoms with van der Waals surface area (Å²) in [6, 6.07) is 4.33. The minimum Gasteiger partial charge on any atom is -0.444 e. The molecule has 1 aromatic rings. The van der Waals surface area contributed by atoms with Crippen LogP contribution in [0.2, 0.25) is 0 Å². The van der Waals surface area contributed by atoms with Gasteiger partial charge in [-0.15, -0.1) is 0 Å². The van der Waals surface area contributed by atoms with E-state index in [2.05, 4.69) is 10.2 Å². The van der Waals surface area contributed by atoms with E-state index in [1.54, 1.807) is 23.1 Å². The molecule has 0 aliphatic carbocycles. The van der Waals surface area contributed by atoms with E-state index in [1.165, 1.54) is 0 Å². The van der Waals surface area contributed by atoms with Crippen LogP contribution in [0.5, 0.6) is 0 Å². The molecular formula is C22H28N4O6. The summed E-state index contributed by atoms with van der Waals surface area (Å²) in [5.74, 6) is -1.37. The van der Waals surface area contributed by atoms with Gasteiger partial charge in [0.1, 0.15) is 11.6 Å². The number of rotatable bonds is 2. The average molecular weight is 444 g/mol. The van der Waals surface area contributed by atoms with Crippen molar-refractivity contribution in [3.8, 4) is 0 Å². The van der Waals surface area contributed by atoms with Crippen molar-refractivity contribution in [2.24, 2.45) is 0 Å². The number of piperidine rings is 1. The number of ether oxygens (including phenoxy) is 1. The predicted molar refractivity (Wildman–Crippen MR) is 114 cm³/mol. The molecule has 0 saturated carbocycles. The van der Waals surface area contributed by atoms with Crippen LogP contribution in [0.4, 0.5) is 10.5 Å². The predicted octanol–water partition coefficient (Wildman–Crippen LogP) is 0.996. The summed E-state index contributed by atoms with van der Waals surface area (Å²) in [7, 11) is 0. The fourth-order valence-electron chi connectivity index (χ4n) is 4.29. The summed E-state index contributed by atoms with van der Waals surface area (Å²) in [5, 5.41) is 13.1. The van der Waals surface area contributed by atoms with E-state index in [0.29, 0.717) is 37.3 Å². The van der Waals surface area contributed by atoms with Crippen LogP contribution in [-0.4, -0.2) is 76.5 Å². The smallest absolute Gasteiger partial charge is 0.410 e. The molecule has 0 spiro atoms. The molecule has 3 aliphatic heterocycles. The molecule has 1 aromatic carbocycles. The number of piperazine rings is 1. The topological polar surface area (TPSA) is 119 Å². The monoisotopic (exact) mass is 444 g/mol. The summed E-state index contributed by atoms with van der Waals surface area (Å²) in [5.41, 5.74) is 1.06. The number of carbonyl (C=O) groups is 4. The first-order chi connectivity index (χ1) is 15.0. The van der Waals surface area contributed by atoms with E-state index in [9.17, 15) is 24.3 Å². The lowest BCUT2D eigenvalue weighted by Gasteiger charge is -2.37. The molecule has 0 bridgehead atoms. The molecule has 10 heteroatoms. The highest BCUT2D eigenvalue weighted by Gasteiger charge is 2.44. The maximum atomic E-state index is 12.9. The van der Waals surface area contributed by atoms with E-state index in [-0.39, 0.29) is 24.8 Å². The maximum Gasteiger partial charge on any atom is 0.410 e. The third-order valence-corrected chi connectivity index (χ3v) is 5.88. The Balaban J connectivity index is 1.45. The zero-order valence-electron chi connectivity index (χ0n) is 18.5. The van der Waals surface area contributed by atoms with Gasteiger partial charge in [-0.05, 0) is 45.4 Å². The number of nitrogens with zero attached hydrogens (tertiary/aromatic N) is 3. The van der Waals surface area contributed by atoms with Gasteiger partial charge in [0.05, 0.1) is 0 Å². The van der Waals surface area contributed by atoms with Crippen LogP contribution in [0.3, 0.4) is 0 Å². The largest absolute Gasteiger partial charge is 0.444 e. The zero-order chi connectivity index (χ0) is 23.2. The normalized spacial score (nSPS) is 23.9. The van der Waals surface area contributed by atoms with E-state index in [0.717, 1.165) is 10.6 Å². The third kappa shape index (κ3) is 4.14. The van der Waals surface area contributed by atoms with Crippen molar-refractivity contribution in [3.63, 3.8) is 0 Å². The lowest BCUT2D eigenvalue weighted by atomic mass is 10.0. The summed E-state index contributed by atoms with van der Waals surface area (Å²) < 4.78 is 5.43. The summed E-state index contributed by atoms with van der Waals surface area (Å²) in [6.07, 6.45) is -1.30. The molecule has 4 amide bonds. The SMILES string of the molecule is CC(C)(C)OC(=O)N1CCN(c2ccc3c(c2)C(O)N(C2CCC(=O)NC2=O)C3=O)CC1. The van der Waals surface area contributed by atoms with Crippen molar-refractivity contribution in [1.29, 1.82) is 0 Å². The molecule has 32 heavy (non-hydrogen) atoms. The van der Waals surface area contributed by atoms with Crippen molar-refractivity contribution in [3.05, 3.63) is 29.3 Å². The molecule has 0 radical (unpaired) electrons. The number of hydrogen-bond acceptors (Lipinski definition) is 7. The highest BCUT2D eigenvalue weighted by Crippen LogP contribution is 2.37. The Morgan fingerprint density at radius 2 is 1.81 bits per heavy atom. The first-order valence-corrected chi connectivity index (χ1v) is 10.8. The van der Waals surface area contributed by atoms with Gasteiger partial charge < -0.3 is 19.6 Å². The van der Waals surface area contributed by atoms with Gasteiger partial charge in [-0.2, -0.15) is 0 Å². The number of aliphatic hydroxyl groups is 1. The van der Waals surface area contributed by atoms with E-state index < -0.39 is 29.7 Å². The molecule has 3 heterocycles. The van der Waals surface area contributed by atoms with Crippen LogP contribution in [0.15, 0.2) is 18.2 Å². The van der Waals surface area contributed by atoms with Crippen LogP contribution in [-0.2, 0) is 14.3 Å². The first kappa shape index (κ1) is 22.1. The van der Waals surface area contributed by atoms with Crippen LogP contribution in [0.1, 0.15) is 55.8 Å². The summed E-state index contributed by atoms with van der Waals surface area (Å²) in [4.78, 5) is 53.7. The lowest BCUT2D eigenvalue weighted by Crippen LogP contribution is -2.53. The number of fused-ring (bicyclic) bond motifs is 1. The Kier molecular flexibility index (Phi) is 5.58. The maximum absolute atomic E-state index is 12.9. The summed E-state index contributed by atoms with van der Waals surface area (Å²) >= 11 is 0. The fraction of sp³-hybridized carbons (Fsp3) is 0.545. The Morgan fingerprint density at radius 1 is 1.12 bits per heavy atom. The number of carbonyl (C=O) groups excluding carboxylic acids is 4. The Bertz CT molecular complexity index is 964. The highest BCUT2D eigenvalue weighted by atomic mass is 16.6. The average Bonchev–Trinajstić information content (AvgIpc) is 2.97. The molecule has 4 rings (SSSR count). The van der Waals surface area contributed by atoms with Crippen molar-refractivity contribution < 1.29 is 29.0 Å². The van der Waals surface area contributed by atoms with Crippen molar-refractivity contribution in [2.75, 3.05) is 31.1 Å². The van der Waals surface area contributed by atoms with Crippen molar-refractivity contribution in [2.45, 2.75) is 51.5 Å². The van der Waals surface area contributed by atoms with Crippen LogP contribution >= 0.6 is 0 Å². The van der Waals surface area contributed by atoms with Gasteiger partial charge in [0.2, 0.25) is 11.8 Å². The first-order valence-electron chi connectivity index (χ1n) is 10.8. The molecule has 2 N–H and O–H groups in total. The lowest BCUT2D eigenvalue weighted by molar-refractivity contribution is -0.139. The second kappa shape index (κ2) is 8.09. The van der Waals surface area contributed by atoms with Gasteiger partial charge in [0.15, 0.2) is 6.23 Å². The second-order valence-electron chi connectivity index (χ2n) is 9.28. The number of hydrogen-bond donors (Lipinski definition) is 2. The standard InChI is InChI=1S/C22H28N4O6/c1-22(2,3)32-21(31)25-10-8-24(9-11-25)13-4-5-14-15(12-13)20(30)26(19(14)29)16-6-7-17(27)23-18(16)28/h4-5,12,16,20,30H,6-11H2,1-3H3,(H,23,27,28). The van der Waals surface area contributed by atoms with E-state index in [4.69, 9.17) is 4.74 Å². The van der Waals surface area contributed by atoms with Crippen molar-refractivity contribution in [1.82, 2.24) is 15.1 Å². The molecule has 172 valence electrons. The van der Waals surface area contributed by atoms with Gasteiger partial charge >= 0.3 is 6.09 Å². The fourth-order valence-corrected chi connectivity index (χ4v) is 4.29. The minimum atomic E-state index is -1.26. The van der Waals surface area contributed by atoms with Gasteiger partial charge in [-0.25, -0.2) is 4.79 Å². The van der Waals surface area contributed by atoms with Gasteiger partial charge in [0.25, 0.3) is 5.91 Å². The Morgan fingerprint density at radius 3 is 2.44 bits per heavy atom. The molecular weight excluding hydrogens is 416 g/mol. The van der Waals surface area contributed by atoms with E-state index >= 15 is 0 Å². The molecule has 2 saturated heterocycles. The molecule has 2 fully saturated rings. The third-order valence-electron chi connectivity index (χ3n) is 5.88. The van der Waals surface area contributed by atoms with Crippen LogP contribution < -0.4 is 10.2 Å². The number of benzene rings is 1. The quantitative estimate of drug-likeness (QED) is 0.653. The Labute approximate surface area is 186 Å². The summed E-state index contributed by atoms with van der Waals surface area (Å²) in [6.45, 7) is 7.65. The number of nitrogens with one attached hydrogen (secondary N) is 1. The van der Waals surface area contributed by atoms with Gasteiger partial charge in [-0.3, -0.25) is 24.6 Å². The molecule has 2 unspecified atom stereocenters. The number of amides is 4. The second-order valence-corrected chi connectivity index (χ2v) is 9.28. The van der Waals surface area contributed by atoms with Gasteiger partial charge in [-0.1, -0.05) is 0 Å². The van der Waals surface area contributed by atoms with Crippen LogP contribution in [0.25, 0.3) is 0 Å². The Hall–Kier alpha value is -3.14. The highest BCUT2D eigenvalue weighted by molar-refractivity contribution is 6.05. The molecule has 3 aliphatic rings. The number of aliphatic hydroxyl groups excluding tert-OH is 1. The van der Waals surface area contributed by atoms with Crippen LogP contribution in [0, 0.1) is 0 Å². The molecule has 10 nitrogen and oxygen atoms in total. The van der Waals surface area contributed by atoms with Crippen molar-refractivity contribution >= 4 is 29.5 Å². The number of anilines is 1. The zero-order valence-corrected chi connectivity index (χ0v) is 18.5. The number of imide groups is 1. The van der Waals surface area contributed by atoms with E-state index in [1.807, 2.05) is 20.8 Å². The van der Waals surface area contributed by atoms with Gasteiger partial charge in [0, 0.05) is 49.4 Å². The minimum absolute atomic E-state index is 0.121. The molecule has 0 aromatic heterocycles.